The number of hydrogen-bond acceptors (Lipinski definition) is 3. The van der Waals surface area contributed by atoms with E-state index >= 15 is 0 Å². The van der Waals surface area contributed by atoms with Gasteiger partial charge in [0.15, 0.2) is 0 Å². The summed E-state index contributed by atoms with van der Waals surface area (Å²) in [6.45, 7) is 0.0846. The molecule has 0 spiro atoms. The molecule has 0 saturated carbocycles. The second-order valence-electron chi connectivity index (χ2n) is 5.30. The lowest BCUT2D eigenvalue weighted by atomic mass is 10.1. The van der Waals surface area contributed by atoms with Crippen molar-refractivity contribution >= 4 is 62.1 Å². The van der Waals surface area contributed by atoms with Crippen LogP contribution in [-0.4, -0.2) is 8.42 Å². The zero-order valence-corrected chi connectivity index (χ0v) is 16.0. The molecule has 0 aromatic heterocycles. The lowest BCUT2D eigenvalue weighted by Gasteiger charge is -2.11. The van der Waals surface area contributed by atoms with E-state index in [2.05, 4.69) is 4.72 Å². The van der Waals surface area contributed by atoms with E-state index in [4.69, 9.17) is 28.9 Å². The number of nitrogens with one attached hydrogen (secondary N) is 1. The zero-order chi connectivity index (χ0) is 17.3. The monoisotopic (exact) mass is 416 g/mol. The van der Waals surface area contributed by atoms with Gasteiger partial charge < -0.3 is 5.73 Å². The van der Waals surface area contributed by atoms with Crippen LogP contribution in [0, 0.1) is 0 Å². The van der Waals surface area contributed by atoms with Crippen molar-refractivity contribution in [3.63, 3.8) is 0 Å². The summed E-state index contributed by atoms with van der Waals surface area (Å²) in [6.07, 6.45) is 0. The van der Waals surface area contributed by atoms with Crippen LogP contribution in [-0.2, 0) is 16.6 Å². The van der Waals surface area contributed by atoms with Crippen molar-refractivity contribution in [2.45, 2.75) is 11.4 Å². The Balaban J connectivity index is 0.00000225. The lowest BCUT2D eigenvalue weighted by molar-refractivity contribution is 0.582. The average molecular weight is 418 g/mol. The first-order valence-corrected chi connectivity index (χ1v) is 9.32. The number of anilines is 1. The van der Waals surface area contributed by atoms with Gasteiger partial charge in [-0.3, -0.25) is 0 Å². The number of nitrogens with two attached hydrogens (primary N) is 1. The number of hydrogen-bond donors (Lipinski definition) is 2. The zero-order valence-electron chi connectivity index (χ0n) is 12.9. The Bertz CT molecular complexity index is 1000. The second-order valence-corrected chi connectivity index (χ2v) is 7.91. The van der Waals surface area contributed by atoms with Crippen molar-refractivity contribution in [2.24, 2.45) is 0 Å². The van der Waals surface area contributed by atoms with Crippen molar-refractivity contribution in [1.82, 2.24) is 4.72 Å². The highest BCUT2D eigenvalue weighted by atomic mass is 35.5. The molecule has 132 valence electrons. The summed E-state index contributed by atoms with van der Waals surface area (Å²) in [7, 11) is -3.72. The highest BCUT2D eigenvalue weighted by molar-refractivity contribution is 7.89. The molecule has 0 saturated heterocycles. The molecule has 3 N–H and O–H groups in total. The van der Waals surface area contributed by atoms with Crippen LogP contribution >= 0.6 is 35.6 Å². The molecular formula is C17H15Cl3N2O2S. The molecule has 0 fully saturated rings. The van der Waals surface area contributed by atoms with Crippen LogP contribution in [0.2, 0.25) is 10.0 Å². The molecule has 3 rings (SSSR count). The Hall–Kier alpha value is -1.50. The molecule has 0 aliphatic rings. The molecule has 3 aromatic rings. The predicted octanol–water partition coefficient (Wildman–Crippen LogP) is 4.63. The van der Waals surface area contributed by atoms with Gasteiger partial charge in [-0.15, -0.1) is 12.4 Å². The van der Waals surface area contributed by atoms with E-state index in [9.17, 15) is 8.42 Å². The Morgan fingerprint density at radius 3 is 2.20 bits per heavy atom. The summed E-state index contributed by atoms with van der Waals surface area (Å²) in [4.78, 5) is 0.181. The quantitative estimate of drug-likeness (QED) is 0.608. The third-order valence-electron chi connectivity index (χ3n) is 3.59. The molecule has 0 bridgehead atoms. The minimum atomic E-state index is -3.72. The Morgan fingerprint density at radius 1 is 0.920 bits per heavy atom. The number of halogens is 3. The fourth-order valence-corrected chi connectivity index (χ4v) is 4.32. The summed E-state index contributed by atoms with van der Waals surface area (Å²) in [6, 6.07) is 15.1. The maximum atomic E-state index is 12.7. The predicted molar refractivity (Wildman–Crippen MR) is 106 cm³/mol. The summed E-state index contributed by atoms with van der Waals surface area (Å²) in [5.74, 6) is 0. The van der Waals surface area contributed by atoms with Crippen LogP contribution in [0.15, 0.2) is 59.5 Å². The first-order valence-electron chi connectivity index (χ1n) is 7.09. The molecule has 0 radical (unpaired) electrons. The summed E-state index contributed by atoms with van der Waals surface area (Å²) in [5, 5.41) is 2.18. The number of fused-ring (bicyclic) bond motifs is 1. The molecule has 25 heavy (non-hydrogen) atoms. The Kier molecular flexibility index (Phi) is 6.19. The first kappa shape index (κ1) is 19.8. The van der Waals surface area contributed by atoms with Crippen molar-refractivity contribution in [3.05, 3.63) is 70.2 Å². The third-order valence-corrected chi connectivity index (χ3v) is 5.49. The normalized spacial score (nSPS) is 11.3. The summed E-state index contributed by atoms with van der Waals surface area (Å²) < 4.78 is 27.9. The van der Waals surface area contributed by atoms with Crippen molar-refractivity contribution in [2.75, 3.05) is 5.73 Å². The molecule has 0 aliphatic carbocycles. The summed E-state index contributed by atoms with van der Waals surface area (Å²) >= 11 is 11.9. The maximum absolute atomic E-state index is 12.7. The van der Waals surface area contributed by atoms with Crippen LogP contribution in [0.1, 0.15) is 5.56 Å². The van der Waals surface area contributed by atoms with E-state index in [0.717, 1.165) is 0 Å². The SMILES string of the molecule is Cl.Nc1cccc2c(S(=O)(=O)NCc3cc(Cl)cc(Cl)c3)cccc12. The molecular weight excluding hydrogens is 403 g/mol. The summed E-state index contributed by atoms with van der Waals surface area (Å²) in [5.41, 5.74) is 7.13. The molecule has 4 nitrogen and oxygen atoms in total. The molecule has 8 heteroatoms. The minimum absolute atomic E-state index is 0. The highest BCUT2D eigenvalue weighted by Gasteiger charge is 2.17. The van der Waals surface area contributed by atoms with E-state index in [1.807, 2.05) is 0 Å². The second kappa shape index (κ2) is 7.81. The van der Waals surface area contributed by atoms with Crippen molar-refractivity contribution in [3.8, 4) is 0 Å². The Morgan fingerprint density at radius 2 is 1.52 bits per heavy atom. The van der Waals surface area contributed by atoms with E-state index in [1.165, 1.54) is 0 Å². The van der Waals surface area contributed by atoms with Crippen LogP contribution < -0.4 is 10.5 Å². The van der Waals surface area contributed by atoms with Gasteiger partial charge in [0.1, 0.15) is 0 Å². The van der Waals surface area contributed by atoms with Crippen LogP contribution in [0.3, 0.4) is 0 Å². The van der Waals surface area contributed by atoms with Gasteiger partial charge in [0.05, 0.1) is 4.90 Å². The molecule has 0 atom stereocenters. The number of sulfonamides is 1. The molecule has 0 amide bonds. The van der Waals surface area contributed by atoms with Crippen molar-refractivity contribution in [1.29, 1.82) is 0 Å². The molecule has 0 heterocycles. The highest BCUT2D eigenvalue weighted by Crippen LogP contribution is 2.27. The molecule has 0 unspecified atom stereocenters. The Labute approximate surface area is 162 Å². The van der Waals surface area contributed by atoms with Crippen molar-refractivity contribution < 1.29 is 8.42 Å². The molecule has 0 aliphatic heterocycles. The fraction of sp³-hybridized carbons (Fsp3) is 0.0588. The van der Waals surface area contributed by atoms with Gasteiger partial charge in [0.25, 0.3) is 0 Å². The van der Waals surface area contributed by atoms with Gasteiger partial charge in [-0.05, 0) is 35.9 Å². The van der Waals surface area contributed by atoms with Gasteiger partial charge >= 0.3 is 0 Å². The maximum Gasteiger partial charge on any atom is 0.241 e. The third kappa shape index (κ3) is 4.37. The van der Waals surface area contributed by atoms with E-state index < -0.39 is 10.0 Å². The number of nitrogen functional groups attached to an aromatic ring is 1. The average Bonchev–Trinajstić information content (AvgIpc) is 2.52. The van der Waals surface area contributed by atoms with Gasteiger partial charge in [0.2, 0.25) is 10.0 Å². The largest absolute Gasteiger partial charge is 0.398 e. The van der Waals surface area contributed by atoms with E-state index in [0.29, 0.717) is 32.1 Å². The lowest BCUT2D eigenvalue weighted by Crippen LogP contribution is -2.23. The van der Waals surface area contributed by atoms with E-state index in [-0.39, 0.29) is 23.8 Å². The first-order chi connectivity index (χ1) is 11.4. The molecule has 3 aromatic carbocycles. The minimum Gasteiger partial charge on any atom is -0.398 e. The smallest absolute Gasteiger partial charge is 0.241 e. The standard InChI is InChI=1S/C17H14Cl2N2O2S.ClH/c18-12-7-11(8-13(19)9-12)10-21-24(22,23)17-6-2-3-14-15(17)4-1-5-16(14)20;/h1-9,21H,10,20H2;1H. The number of rotatable bonds is 4. The van der Waals surface area contributed by atoms with Crippen LogP contribution in [0.25, 0.3) is 10.8 Å². The fourth-order valence-electron chi connectivity index (χ4n) is 2.51. The van der Waals surface area contributed by atoms with Crippen LogP contribution in [0.4, 0.5) is 5.69 Å². The number of benzene rings is 3. The van der Waals surface area contributed by atoms with Gasteiger partial charge in [-0.2, -0.15) is 0 Å². The van der Waals surface area contributed by atoms with Gasteiger partial charge in [-0.1, -0.05) is 47.5 Å². The van der Waals surface area contributed by atoms with Gasteiger partial charge in [-0.25, -0.2) is 13.1 Å². The van der Waals surface area contributed by atoms with Gasteiger partial charge in [0, 0.05) is 33.0 Å². The van der Waals surface area contributed by atoms with E-state index in [1.54, 1.807) is 54.6 Å². The topological polar surface area (TPSA) is 72.2 Å². The van der Waals surface area contributed by atoms with Crippen LogP contribution in [0.5, 0.6) is 0 Å².